The molecule has 1 aliphatic heterocycles. The largest absolute Gasteiger partial charge is 0.507 e. The summed E-state index contributed by atoms with van der Waals surface area (Å²) in [5, 5.41) is 11.0. The number of aryl methyl sites for hydroxylation is 1. The molecule has 0 bridgehead atoms. The van der Waals surface area contributed by atoms with Crippen molar-refractivity contribution in [3.8, 4) is 11.5 Å². The maximum atomic E-state index is 14.4. The highest BCUT2D eigenvalue weighted by Gasteiger charge is 2.32. The first-order valence-corrected chi connectivity index (χ1v) is 11.7. The lowest BCUT2D eigenvalue weighted by Crippen LogP contribution is -2.49. The lowest BCUT2D eigenvalue weighted by Gasteiger charge is -2.40. The van der Waals surface area contributed by atoms with Gasteiger partial charge in [0, 0.05) is 45.5 Å². The van der Waals surface area contributed by atoms with E-state index in [1.165, 1.54) is 6.07 Å². The molecule has 0 aliphatic carbocycles. The summed E-state index contributed by atoms with van der Waals surface area (Å²) in [6, 6.07) is 15.5. The number of halogens is 1. The van der Waals surface area contributed by atoms with Gasteiger partial charge in [0.25, 0.3) is 5.56 Å². The van der Waals surface area contributed by atoms with Crippen LogP contribution in [0.1, 0.15) is 22.9 Å². The summed E-state index contributed by atoms with van der Waals surface area (Å²) < 4.78 is 26.7. The molecule has 0 saturated carbocycles. The standard InChI is InChI=1S/C27H32FN3O4/c1-19-17-24(32)25(27(33)31(19)15-16-34-2)26(20-7-6-8-21(18-20)35-3)30-13-11-29(12-14-30)23-10-5-4-9-22(23)28/h4-10,17-18,26,32H,11-16H2,1-3H3/t26-/m0/s1. The number of aromatic nitrogens is 1. The van der Waals surface area contributed by atoms with Crippen LogP contribution in [0.3, 0.4) is 0 Å². The second-order valence-electron chi connectivity index (χ2n) is 8.69. The molecule has 3 aromatic rings. The number of benzene rings is 2. The van der Waals surface area contributed by atoms with Gasteiger partial charge < -0.3 is 24.0 Å². The summed E-state index contributed by atoms with van der Waals surface area (Å²) in [5.41, 5.74) is 2.16. The van der Waals surface area contributed by atoms with Crippen LogP contribution in [-0.4, -0.2) is 61.6 Å². The Morgan fingerprint density at radius 2 is 1.77 bits per heavy atom. The maximum Gasteiger partial charge on any atom is 0.259 e. The molecule has 2 aromatic carbocycles. The molecule has 1 N–H and O–H groups in total. The molecule has 0 unspecified atom stereocenters. The zero-order chi connectivity index (χ0) is 24.9. The van der Waals surface area contributed by atoms with E-state index in [-0.39, 0.29) is 17.1 Å². The molecule has 0 spiro atoms. The van der Waals surface area contributed by atoms with Crippen molar-refractivity contribution in [1.29, 1.82) is 0 Å². The van der Waals surface area contributed by atoms with E-state index in [1.807, 2.05) is 35.2 Å². The molecule has 4 rings (SSSR count). The molecule has 186 valence electrons. The van der Waals surface area contributed by atoms with Gasteiger partial charge in [-0.15, -0.1) is 0 Å². The van der Waals surface area contributed by atoms with Crippen molar-refractivity contribution < 1.29 is 19.0 Å². The Hall–Kier alpha value is -3.36. The third-order valence-corrected chi connectivity index (χ3v) is 6.60. The molecule has 0 amide bonds. The number of para-hydroxylation sites is 1. The Kier molecular flexibility index (Phi) is 7.73. The van der Waals surface area contributed by atoms with Gasteiger partial charge in [-0.05, 0) is 42.8 Å². The molecule has 1 fully saturated rings. The monoisotopic (exact) mass is 481 g/mol. The number of nitrogens with zero attached hydrogens (tertiary/aromatic N) is 3. The minimum absolute atomic E-state index is 0.0366. The third kappa shape index (κ3) is 5.18. The molecular weight excluding hydrogens is 449 g/mol. The summed E-state index contributed by atoms with van der Waals surface area (Å²) in [6.07, 6.45) is 0. The van der Waals surface area contributed by atoms with Crippen LogP contribution in [0.2, 0.25) is 0 Å². The van der Waals surface area contributed by atoms with E-state index in [1.54, 1.807) is 43.9 Å². The van der Waals surface area contributed by atoms with Gasteiger partial charge in [-0.25, -0.2) is 4.39 Å². The fourth-order valence-electron chi connectivity index (χ4n) is 4.79. The lowest BCUT2D eigenvalue weighted by atomic mass is 9.95. The van der Waals surface area contributed by atoms with E-state index in [9.17, 15) is 14.3 Å². The van der Waals surface area contributed by atoms with E-state index < -0.39 is 6.04 Å². The number of piperazine rings is 1. The SMILES string of the molecule is COCCn1c(C)cc(O)c([C@H](c2cccc(OC)c2)N2CCN(c3ccccc3F)CC2)c1=O. The van der Waals surface area contributed by atoms with Crippen LogP contribution in [0.5, 0.6) is 11.5 Å². The molecular formula is C27H32FN3O4. The zero-order valence-electron chi connectivity index (χ0n) is 20.4. The number of ether oxygens (including phenoxy) is 2. The number of methoxy groups -OCH3 is 2. The smallest absolute Gasteiger partial charge is 0.259 e. The highest BCUT2D eigenvalue weighted by Crippen LogP contribution is 2.35. The number of hydrogen-bond acceptors (Lipinski definition) is 6. The Morgan fingerprint density at radius 1 is 1.03 bits per heavy atom. The molecule has 1 aromatic heterocycles. The molecule has 7 nitrogen and oxygen atoms in total. The van der Waals surface area contributed by atoms with Crippen LogP contribution < -0.4 is 15.2 Å². The van der Waals surface area contributed by atoms with Crippen LogP contribution in [-0.2, 0) is 11.3 Å². The van der Waals surface area contributed by atoms with Crippen molar-refractivity contribution in [3.05, 3.63) is 87.6 Å². The molecule has 1 aliphatic rings. The maximum absolute atomic E-state index is 14.4. The lowest BCUT2D eigenvalue weighted by molar-refractivity contribution is 0.183. The van der Waals surface area contributed by atoms with Gasteiger partial charge in [-0.1, -0.05) is 24.3 Å². The first-order valence-electron chi connectivity index (χ1n) is 11.7. The fourth-order valence-corrected chi connectivity index (χ4v) is 4.79. The van der Waals surface area contributed by atoms with Crippen molar-refractivity contribution in [3.63, 3.8) is 0 Å². The van der Waals surface area contributed by atoms with E-state index in [0.717, 1.165) is 5.56 Å². The van der Waals surface area contributed by atoms with Crippen molar-refractivity contribution in [2.24, 2.45) is 0 Å². The minimum atomic E-state index is -0.491. The van der Waals surface area contributed by atoms with Crippen LogP contribution >= 0.6 is 0 Å². The highest BCUT2D eigenvalue weighted by molar-refractivity contribution is 5.48. The van der Waals surface area contributed by atoms with Gasteiger partial charge in [0.1, 0.15) is 17.3 Å². The van der Waals surface area contributed by atoms with Crippen molar-refractivity contribution >= 4 is 5.69 Å². The molecule has 1 atom stereocenters. The minimum Gasteiger partial charge on any atom is -0.507 e. The average molecular weight is 482 g/mol. The van der Waals surface area contributed by atoms with Crippen LogP contribution in [0.15, 0.2) is 59.4 Å². The summed E-state index contributed by atoms with van der Waals surface area (Å²) in [4.78, 5) is 17.9. The van der Waals surface area contributed by atoms with Gasteiger partial charge in [0.15, 0.2) is 0 Å². The number of aromatic hydroxyl groups is 1. The average Bonchev–Trinajstić information content (AvgIpc) is 2.87. The summed E-state index contributed by atoms with van der Waals surface area (Å²) >= 11 is 0. The van der Waals surface area contributed by atoms with E-state index >= 15 is 0 Å². The van der Waals surface area contributed by atoms with Gasteiger partial charge in [0.05, 0.1) is 31.0 Å². The Morgan fingerprint density at radius 3 is 2.46 bits per heavy atom. The quantitative estimate of drug-likeness (QED) is 0.531. The van der Waals surface area contributed by atoms with Gasteiger partial charge in [-0.2, -0.15) is 0 Å². The Bertz CT molecular complexity index is 1220. The van der Waals surface area contributed by atoms with Gasteiger partial charge in [0.2, 0.25) is 0 Å². The zero-order valence-corrected chi connectivity index (χ0v) is 20.4. The number of anilines is 1. The van der Waals surface area contributed by atoms with Crippen molar-refractivity contribution in [1.82, 2.24) is 9.47 Å². The summed E-state index contributed by atoms with van der Waals surface area (Å²) in [6.45, 7) is 4.92. The normalized spacial score (nSPS) is 15.3. The Labute approximate surface area is 204 Å². The number of hydrogen-bond donors (Lipinski definition) is 1. The van der Waals surface area contributed by atoms with Crippen molar-refractivity contribution in [2.45, 2.75) is 19.5 Å². The predicted molar refractivity (Wildman–Crippen MR) is 134 cm³/mol. The van der Waals surface area contributed by atoms with Crippen LogP contribution in [0, 0.1) is 12.7 Å². The first-order chi connectivity index (χ1) is 16.9. The summed E-state index contributed by atoms with van der Waals surface area (Å²) in [7, 11) is 3.19. The molecule has 0 radical (unpaired) electrons. The summed E-state index contributed by atoms with van der Waals surface area (Å²) in [5.74, 6) is 0.386. The van der Waals surface area contributed by atoms with Crippen LogP contribution in [0.4, 0.5) is 10.1 Å². The van der Waals surface area contributed by atoms with E-state index in [2.05, 4.69) is 4.90 Å². The molecule has 1 saturated heterocycles. The number of rotatable bonds is 8. The topological polar surface area (TPSA) is 67.2 Å². The predicted octanol–water partition coefficient (Wildman–Crippen LogP) is 3.57. The highest BCUT2D eigenvalue weighted by atomic mass is 19.1. The van der Waals surface area contributed by atoms with Gasteiger partial charge in [-0.3, -0.25) is 9.69 Å². The molecule has 2 heterocycles. The van der Waals surface area contributed by atoms with Crippen LogP contribution in [0.25, 0.3) is 0 Å². The molecule has 8 heteroatoms. The Balaban J connectivity index is 1.74. The second kappa shape index (κ2) is 10.9. The first kappa shape index (κ1) is 24.8. The fraction of sp³-hybridized carbons (Fsp3) is 0.370. The van der Waals surface area contributed by atoms with E-state index in [0.29, 0.717) is 62.0 Å². The number of pyridine rings is 1. The third-order valence-electron chi connectivity index (χ3n) is 6.60. The van der Waals surface area contributed by atoms with Crippen molar-refractivity contribution in [2.75, 3.05) is 51.9 Å². The van der Waals surface area contributed by atoms with Gasteiger partial charge >= 0.3 is 0 Å². The second-order valence-corrected chi connectivity index (χ2v) is 8.69. The molecule has 35 heavy (non-hydrogen) atoms. The van der Waals surface area contributed by atoms with E-state index in [4.69, 9.17) is 9.47 Å².